The van der Waals surface area contributed by atoms with Crippen molar-refractivity contribution in [2.45, 2.75) is 69.0 Å². The second-order valence-corrected chi connectivity index (χ2v) is 11.4. The van der Waals surface area contributed by atoms with Crippen molar-refractivity contribution in [3.63, 3.8) is 0 Å². The first-order chi connectivity index (χ1) is 21.7. The molecule has 0 aromatic heterocycles. The van der Waals surface area contributed by atoms with Gasteiger partial charge in [-0.2, -0.15) is 0 Å². The number of rotatable bonds is 12. The molecule has 0 amide bonds. The van der Waals surface area contributed by atoms with Gasteiger partial charge in [0.15, 0.2) is 0 Å². The molecule has 0 unspecified atom stereocenters. The number of hydrogen-bond acceptors (Lipinski definition) is 6. The molecule has 0 bridgehead atoms. The summed E-state index contributed by atoms with van der Waals surface area (Å²) >= 11 is 0. The van der Waals surface area contributed by atoms with Crippen molar-refractivity contribution in [1.29, 1.82) is 0 Å². The Morgan fingerprint density at radius 1 is 0.523 bits per heavy atom. The minimum Gasteiger partial charge on any atom is -0.384 e. The van der Waals surface area contributed by atoms with E-state index in [0.29, 0.717) is 39.5 Å². The van der Waals surface area contributed by atoms with Crippen LogP contribution in [-0.4, -0.2) is 47.8 Å². The molecule has 4 aromatic carbocycles. The first-order valence-corrected chi connectivity index (χ1v) is 15.3. The third kappa shape index (κ3) is 7.36. The van der Waals surface area contributed by atoms with Gasteiger partial charge in [-0.1, -0.05) is 133 Å². The van der Waals surface area contributed by atoms with E-state index in [2.05, 4.69) is 0 Å². The molecule has 0 saturated heterocycles. The third-order valence-electron chi connectivity index (χ3n) is 8.34. The Kier molecular flexibility index (Phi) is 10.3. The van der Waals surface area contributed by atoms with Gasteiger partial charge in [0.25, 0.3) is 0 Å². The molecule has 1 fully saturated rings. The maximum absolute atomic E-state index is 12.6. The molecule has 1 aliphatic heterocycles. The highest BCUT2D eigenvalue weighted by Crippen LogP contribution is 2.42. The monoisotopic (exact) mass is 592 g/mol. The van der Waals surface area contributed by atoms with Crippen LogP contribution in [0.15, 0.2) is 133 Å². The number of ether oxygens (including phenoxy) is 5. The highest BCUT2D eigenvalue weighted by atomic mass is 16.6. The van der Waals surface area contributed by atoms with E-state index in [0.717, 1.165) is 22.3 Å². The molecule has 6 nitrogen and oxygen atoms in total. The van der Waals surface area contributed by atoms with E-state index in [-0.39, 0.29) is 0 Å². The van der Waals surface area contributed by atoms with Crippen molar-refractivity contribution in [2.24, 2.45) is 0 Å². The minimum atomic E-state index is -1.43. The van der Waals surface area contributed by atoms with Crippen LogP contribution in [0.2, 0.25) is 0 Å². The molecule has 6 rings (SSSR count). The summed E-state index contributed by atoms with van der Waals surface area (Å²) in [4.78, 5) is 0. The van der Waals surface area contributed by atoms with E-state index in [1.807, 2.05) is 133 Å². The SMILES string of the molecule is O[C@@]12CC=CCO[C@@H]1[C@H](OCc1ccccc1)[C@@H](OCc1ccccc1)[C@H](OCc1ccccc1)[C@H]2OCc1ccccc1. The zero-order chi connectivity index (χ0) is 30.0. The number of hydrogen-bond donors (Lipinski definition) is 1. The quantitative estimate of drug-likeness (QED) is 0.192. The lowest BCUT2D eigenvalue weighted by molar-refractivity contribution is -0.311. The molecule has 1 aliphatic carbocycles. The fourth-order valence-corrected chi connectivity index (χ4v) is 6.09. The lowest BCUT2D eigenvalue weighted by Crippen LogP contribution is -2.72. The average molecular weight is 593 g/mol. The summed E-state index contributed by atoms with van der Waals surface area (Å²) in [5, 5.41) is 12.6. The smallest absolute Gasteiger partial charge is 0.125 e. The van der Waals surface area contributed by atoms with Crippen molar-refractivity contribution < 1.29 is 28.8 Å². The summed E-state index contributed by atoms with van der Waals surface area (Å²) in [6.07, 6.45) is 0.841. The molecule has 1 N–H and O–H groups in total. The Morgan fingerprint density at radius 2 is 0.932 bits per heavy atom. The van der Waals surface area contributed by atoms with Crippen molar-refractivity contribution in [3.8, 4) is 0 Å². The fraction of sp³-hybridized carbons (Fsp3) is 0.316. The molecule has 0 radical (unpaired) electrons. The molecule has 1 heterocycles. The van der Waals surface area contributed by atoms with Gasteiger partial charge >= 0.3 is 0 Å². The third-order valence-corrected chi connectivity index (χ3v) is 8.34. The first-order valence-electron chi connectivity index (χ1n) is 15.3. The Labute approximate surface area is 259 Å². The minimum absolute atomic E-state index is 0.302. The highest BCUT2D eigenvalue weighted by Gasteiger charge is 2.62. The summed E-state index contributed by atoms with van der Waals surface area (Å²) in [6.45, 7) is 1.66. The molecule has 4 aromatic rings. The molecule has 0 spiro atoms. The first kappa shape index (κ1) is 30.4. The van der Waals surface area contributed by atoms with Crippen LogP contribution in [0.4, 0.5) is 0 Å². The van der Waals surface area contributed by atoms with Gasteiger partial charge in [-0.25, -0.2) is 0 Å². The topological polar surface area (TPSA) is 66.4 Å². The van der Waals surface area contributed by atoms with Gasteiger partial charge in [0.1, 0.15) is 36.1 Å². The Hall–Kier alpha value is -3.62. The second kappa shape index (κ2) is 14.9. The zero-order valence-corrected chi connectivity index (χ0v) is 24.8. The molecule has 6 heteroatoms. The van der Waals surface area contributed by atoms with E-state index in [1.165, 1.54) is 0 Å². The number of fused-ring (bicyclic) bond motifs is 1. The van der Waals surface area contributed by atoms with E-state index >= 15 is 0 Å². The molecular formula is C38H40O6. The lowest BCUT2D eigenvalue weighted by Gasteiger charge is -2.53. The zero-order valence-electron chi connectivity index (χ0n) is 24.8. The summed E-state index contributed by atoms with van der Waals surface area (Å²) in [6, 6.07) is 40.1. The lowest BCUT2D eigenvalue weighted by atomic mass is 9.72. The normalized spacial score (nSPS) is 26.5. The Balaban J connectivity index is 1.37. The molecule has 228 valence electrons. The van der Waals surface area contributed by atoms with Gasteiger partial charge in [-0.3, -0.25) is 0 Å². The fourth-order valence-electron chi connectivity index (χ4n) is 6.09. The van der Waals surface area contributed by atoms with Gasteiger partial charge in [-0.15, -0.1) is 0 Å². The summed E-state index contributed by atoms with van der Waals surface area (Å²) < 4.78 is 33.2. The van der Waals surface area contributed by atoms with E-state index < -0.39 is 36.1 Å². The van der Waals surface area contributed by atoms with Crippen LogP contribution in [0, 0.1) is 0 Å². The van der Waals surface area contributed by atoms with E-state index in [4.69, 9.17) is 23.7 Å². The van der Waals surface area contributed by atoms with Gasteiger partial charge < -0.3 is 28.8 Å². The number of benzene rings is 4. The van der Waals surface area contributed by atoms with Crippen LogP contribution < -0.4 is 0 Å². The summed E-state index contributed by atoms with van der Waals surface area (Å²) in [5.74, 6) is 0. The standard InChI is InChI=1S/C38H40O6/c39-38-23-13-14-24-40-36(38)34(42-26-30-17-7-2-8-18-30)33(41-25-29-15-5-1-6-16-29)35(43-27-31-19-9-3-10-20-31)37(38)44-28-32-21-11-4-12-22-32/h1-22,33-37,39H,23-28H2/t33-,34-,35+,36-,37-,38+/m1/s1. The Bertz CT molecular complexity index is 1430. The van der Waals surface area contributed by atoms with Crippen LogP contribution in [0.25, 0.3) is 0 Å². The number of aliphatic hydroxyl groups is 1. The van der Waals surface area contributed by atoms with Crippen LogP contribution in [0.3, 0.4) is 0 Å². The van der Waals surface area contributed by atoms with Gasteiger partial charge in [0.05, 0.1) is 33.0 Å². The summed E-state index contributed by atoms with van der Waals surface area (Å²) in [5.41, 5.74) is 2.64. The molecule has 44 heavy (non-hydrogen) atoms. The van der Waals surface area contributed by atoms with Crippen LogP contribution in [0.1, 0.15) is 28.7 Å². The molecular weight excluding hydrogens is 552 g/mol. The predicted molar refractivity (Wildman–Crippen MR) is 169 cm³/mol. The van der Waals surface area contributed by atoms with Crippen LogP contribution in [-0.2, 0) is 50.1 Å². The van der Waals surface area contributed by atoms with Crippen molar-refractivity contribution in [1.82, 2.24) is 0 Å². The van der Waals surface area contributed by atoms with Gasteiger partial charge in [0, 0.05) is 0 Å². The molecule has 2 aliphatic rings. The molecule has 6 atom stereocenters. The summed E-state index contributed by atoms with van der Waals surface area (Å²) in [7, 11) is 0. The van der Waals surface area contributed by atoms with Crippen molar-refractivity contribution in [2.75, 3.05) is 6.61 Å². The average Bonchev–Trinajstić information content (AvgIpc) is 3.28. The predicted octanol–water partition coefficient (Wildman–Crippen LogP) is 6.42. The highest BCUT2D eigenvalue weighted by molar-refractivity contribution is 5.20. The van der Waals surface area contributed by atoms with Crippen molar-refractivity contribution in [3.05, 3.63) is 156 Å². The van der Waals surface area contributed by atoms with Gasteiger partial charge in [0.2, 0.25) is 0 Å². The van der Waals surface area contributed by atoms with Crippen LogP contribution >= 0.6 is 0 Å². The maximum atomic E-state index is 12.6. The largest absolute Gasteiger partial charge is 0.384 e. The van der Waals surface area contributed by atoms with E-state index in [1.54, 1.807) is 0 Å². The van der Waals surface area contributed by atoms with Crippen molar-refractivity contribution >= 4 is 0 Å². The second-order valence-electron chi connectivity index (χ2n) is 11.4. The van der Waals surface area contributed by atoms with Gasteiger partial charge in [-0.05, 0) is 28.7 Å². The maximum Gasteiger partial charge on any atom is 0.125 e. The van der Waals surface area contributed by atoms with Crippen LogP contribution in [0.5, 0.6) is 0 Å². The Morgan fingerprint density at radius 3 is 1.41 bits per heavy atom. The van der Waals surface area contributed by atoms with E-state index in [9.17, 15) is 5.11 Å². The molecule has 1 saturated carbocycles.